The van der Waals surface area contributed by atoms with Crippen LogP contribution in [0.5, 0.6) is 0 Å². The molecule has 0 radical (unpaired) electrons. The van der Waals surface area contributed by atoms with E-state index in [0.717, 1.165) is 22.7 Å². The number of urea groups is 1. The first-order chi connectivity index (χ1) is 11.5. The van der Waals surface area contributed by atoms with Gasteiger partial charge in [0, 0.05) is 31.9 Å². The topological polar surface area (TPSA) is 82.6 Å². The van der Waals surface area contributed by atoms with E-state index in [0.29, 0.717) is 13.0 Å². The molecular weight excluding hydrogens is 328 g/mol. The Bertz CT molecular complexity index is 649. The molecule has 0 bridgehead atoms. The molecule has 3 rings (SSSR count). The van der Waals surface area contributed by atoms with Crippen molar-refractivity contribution in [2.24, 2.45) is 0 Å². The normalized spacial score (nSPS) is 20.5. The lowest BCUT2D eigenvalue weighted by atomic mass is 10.0. The molecule has 24 heavy (non-hydrogen) atoms. The van der Waals surface area contributed by atoms with Gasteiger partial charge in [-0.15, -0.1) is 11.3 Å². The number of carbonyl (C=O) groups is 3. The first-order valence-electron chi connectivity index (χ1n) is 8.26. The number of aromatic nitrogens is 1. The van der Waals surface area contributed by atoms with E-state index in [1.165, 1.54) is 35.4 Å². The van der Waals surface area contributed by atoms with Crippen LogP contribution >= 0.6 is 11.3 Å². The highest BCUT2D eigenvalue weighted by atomic mass is 32.1. The van der Waals surface area contributed by atoms with Crippen LogP contribution < -0.4 is 5.32 Å². The summed E-state index contributed by atoms with van der Waals surface area (Å²) < 4.78 is 0. The average molecular weight is 350 g/mol. The largest absolute Gasteiger partial charge is 0.356 e. The standard InChI is InChI=1S/C16H22N4O3S/c1-19-11(15(22)20(2)16(19)23)9-13(21)17-8-7-14-18-10-5-3-4-6-12(10)24-14/h11H,3-9H2,1-2H3,(H,17,21)/t11-/m1/s1. The summed E-state index contributed by atoms with van der Waals surface area (Å²) in [5.74, 6) is -0.546. The number of hydrogen-bond donors (Lipinski definition) is 1. The molecule has 1 N–H and O–H groups in total. The lowest BCUT2D eigenvalue weighted by Gasteiger charge is -2.15. The van der Waals surface area contributed by atoms with Gasteiger partial charge in [-0.3, -0.25) is 14.5 Å². The Balaban J connectivity index is 1.47. The lowest BCUT2D eigenvalue weighted by Crippen LogP contribution is -2.37. The molecule has 1 aromatic heterocycles. The van der Waals surface area contributed by atoms with Gasteiger partial charge in [0.15, 0.2) is 0 Å². The number of aryl methyl sites for hydroxylation is 2. The van der Waals surface area contributed by atoms with Crippen molar-refractivity contribution in [3.63, 3.8) is 0 Å². The summed E-state index contributed by atoms with van der Waals surface area (Å²) in [6, 6.07) is -1.07. The second-order valence-corrected chi connectivity index (χ2v) is 7.46. The zero-order valence-electron chi connectivity index (χ0n) is 14.0. The smallest absolute Gasteiger partial charge is 0.326 e. The molecule has 130 valence electrons. The van der Waals surface area contributed by atoms with Crippen LogP contribution in [0.25, 0.3) is 0 Å². The molecule has 0 spiro atoms. The third-order valence-corrected chi connectivity index (χ3v) is 5.82. The molecule has 2 heterocycles. The number of thiazole rings is 1. The fraction of sp³-hybridized carbons (Fsp3) is 0.625. The Labute approximate surface area is 145 Å². The van der Waals surface area contributed by atoms with Gasteiger partial charge in [-0.25, -0.2) is 9.78 Å². The lowest BCUT2D eigenvalue weighted by molar-refractivity contribution is -0.131. The van der Waals surface area contributed by atoms with E-state index in [1.807, 2.05) is 0 Å². The predicted octanol–water partition coefficient (Wildman–Crippen LogP) is 0.963. The second kappa shape index (κ2) is 6.88. The summed E-state index contributed by atoms with van der Waals surface area (Å²) in [7, 11) is 2.98. The first-order valence-corrected chi connectivity index (χ1v) is 9.07. The average Bonchev–Trinajstić information content (AvgIpc) is 3.06. The van der Waals surface area contributed by atoms with E-state index in [4.69, 9.17) is 0 Å². The molecule has 1 aliphatic carbocycles. The fourth-order valence-corrected chi connectivity index (χ4v) is 4.30. The quantitative estimate of drug-likeness (QED) is 0.802. The van der Waals surface area contributed by atoms with Gasteiger partial charge < -0.3 is 10.2 Å². The molecule has 8 heteroatoms. The minimum atomic E-state index is -0.699. The molecule has 1 aromatic rings. The Hall–Kier alpha value is -1.96. The molecule has 1 fully saturated rings. The molecule has 1 atom stereocenters. The number of carbonyl (C=O) groups excluding carboxylic acids is 3. The number of nitrogens with zero attached hydrogens (tertiary/aromatic N) is 3. The molecule has 1 aliphatic heterocycles. The highest BCUT2D eigenvalue weighted by Gasteiger charge is 2.41. The molecular formula is C16H22N4O3S. The van der Waals surface area contributed by atoms with Crippen LogP contribution in [0, 0.1) is 0 Å². The van der Waals surface area contributed by atoms with Gasteiger partial charge in [0.25, 0.3) is 5.91 Å². The van der Waals surface area contributed by atoms with Crippen molar-refractivity contribution in [2.75, 3.05) is 20.6 Å². The molecule has 0 saturated carbocycles. The minimum Gasteiger partial charge on any atom is -0.356 e. The highest BCUT2D eigenvalue weighted by molar-refractivity contribution is 7.11. The molecule has 0 unspecified atom stereocenters. The summed E-state index contributed by atoms with van der Waals surface area (Å²) >= 11 is 1.75. The summed E-state index contributed by atoms with van der Waals surface area (Å²) in [6.07, 6.45) is 5.34. The minimum absolute atomic E-state index is 0.000216. The molecule has 1 saturated heterocycles. The fourth-order valence-electron chi connectivity index (χ4n) is 3.15. The maximum atomic E-state index is 12.1. The van der Waals surface area contributed by atoms with Gasteiger partial charge in [0.1, 0.15) is 6.04 Å². The predicted molar refractivity (Wildman–Crippen MR) is 89.8 cm³/mol. The van der Waals surface area contributed by atoms with Crippen molar-refractivity contribution < 1.29 is 14.4 Å². The van der Waals surface area contributed by atoms with Crippen LogP contribution in [0.15, 0.2) is 0 Å². The third kappa shape index (κ3) is 3.28. The summed E-state index contributed by atoms with van der Waals surface area (Å²) in [4.78, 5) is 44.1. The Kier molecular flexibility index (Phi) is 4.84. The number of amides is 4. The van der Waals surface area contributed by atoms with Crippen molar-refractivity contribution in [3.05, 3.63) is 15.6 Å². The monoisotopic (exact) mass is 350 g/mol. The zero-order chi connectivity index (χ0) is 17.3. The van der Waals surface area contributed by atoms with Crippen molar-refractivity contribution in [2.45, 2.75) is 44.6 Å². The van der Waals surface area contributed by atoms with Crippen molar-refractivity contribution in [3.8, 4) is 0 Å². The third-order valence-electron chi connectivity index (χ3n) is 4.60. The van der Waals surface area contributed by atoms with Gasteiger partial charge in [0.05, 0.1) is 17.1 Å². The second-order valence-electron chi connectivity index (χ2n) is 6.30. The van der Waals surface area contributed by atoms with Crippen LogP contribution in [0.3, 0.4) is 0 Å². The van der Waals surface area contributed by atoms with Gasteiger partial charge >= 0.3 is 6.03 Å². The van der Waals surface area contributed by atoms with E-state index in [1.54, 1.807) is 18.4 Å². The van der Waals surface area contributed by atoms with Gasteiger partial charge in [-0.1, -0.05) is 0 Å². The maximum Gasteiger partial charge on any atom is 0.326 e. The number of nitrogens with one attached hydrogen (secondary N) is 1. The maximum absolute atomic E-state index is 12.1. The SMILES string of the molecule is CN1C(=O)[C@@H](CC(=O)NCCc2nc3c(s2)CCCC3)N(C)C1=O. The van der Waals surface area contributed by atoms with Gasteiger partial charge in [-0.05, 0) is 25.7 Å². The highest BCUT2D eigenvalue weighted by Crippen LogP contribution is 2.26. The zero-order valence-corrected chi connectivity index (χ0v) is 14.8. The number of likely N-dealkylation sites (N-methyl/N-ethyl adjacent to an activating group) is 2. The summed E-state index contributed by atoms with van der Waals surface area (Å²) in [5.41, 5.74) is 1.23. The summed E-state index contributed by atoms with van der Waals surface area (Å²) in [6.45, 7) is 0.500. The number of hydrogen-bond acceptors (Lipinski definition) is 5. The molecule has 7 nitrogen and oxygen atoms in total. The molecule has 2 aliphatic rings. The molecule has 0 aromatic carbocycles. The number of rotatable bonds is 5. The Morgan fingerprint density at radius 2 is 2.04 bits per heavy atom. The van der Waals surface area contributed by atoms with E-state index in [2.05, 4.69) is 10.3 Å². The Morgan fingerprint density at radius 3 is 2.71 bits per heavy atom. The van der Waals surface area contributed by atoms with E-state index >= 15 is 0 Å². The molecule has 4 amide bonds. The number of imide groups is 1. The van der Waals surface area contributed by atoms with Crippen LogP contribution in [-0.4, -0.2) is 59.3 Å². The van der Waals surface area contributed by atoms with E-state index in [9.17, 15) is 14.4 Å². The van der Waals surface area contributed by atoms with Crippen LogP contribution in [-0.2, 0) is 28.9 Å². The first kappa shape index (κ1) is 16.9. The van der Waals surface area contributed by atoms with Gasteiger partial charge in [0.2, 0.25) is 5.91 Å². The Morgan fingerprint density at radius 1 is 1.29 bits per heavy atom. The van der Waals surface area contributed by atoms with Gasteiger partial charge in [-0.2, -0.15) is 0 Å². The van der Waals surface area contributed by atoms with Crippen molar-refractivity contribution in [1.29, 1.82) is 0 Å². The van der Waals surface area contributed by atoms with Crippen LogP contribution in [0.4, 0.5) is 4.79 Å². The van der Waals surface area contributed by atoms with Crippen molar-refractivity contribution >= 4 is 29.2 Å². The summed E-state index contributed by atoms with van der Waals surface area (Å²) in [5, 5.41) is 3.89. The van der Waals surface area contributed by atoms with Crippen LogP contribution in [0.1, 0.15) is 34.8 Å². The van der Waals surface area contributed by atoms with Crippen LogP contribution in [0.2, 0.25) is 0 Å². The number of fused-ring (bicyclic) bond motifs is 1. The van der Waals surface area contributed by atoms with E-state index < -0.39 is 6.04 Å². The van der Waals surface area contributed by atoms with Crippen molar-refractivity contribution in [1.82, 2.24) is 20.1 Å². The van der Waals surface area contributed by atoms with E-state index in [-0.39, 0.29) is 24.3 Å².